The number of aromatic nitrogens is 3. The molecule has 0 radical (unpaired) electrons. The maximum atomic E-state index is 12.3. The average Bonchev–Trinajstić information content (AvgIpc) is 2.95. The van der Waals surface area contributed by atoms with Gasteiger partial charge in [0.1, 0.15) is 5.69 Å². The van der Waals surface area contributed by atoms with Crippen LogP contribution in [0.15, 0.2) is 6.20 Å². The number of sulfonamides is 1. The fourth-order valence-corrected chi connectivity index (χ4v) is 3.41. The van der Waals surface area contributed by atoms with Crippen molar-refractivity contribution >= 4 is 10.0 Å². The van der Waals surface area contributed by atoms with E-state index in [0.29, 0.717) is 45.2 Å². The second-order valence-corrected chi connectivity index (χ2v) is 6.62. The van der Waals surface area contributed by atoms with E-state index >= 15 is 0 Å². The van der Waals surface area contributed by atoms with Crippen LogP contribution in [0.3, 0.4) is 0 Å². The second kappa shape index (κ2) is 7.97. The van der Waals surface area contributed by atoms with Gasteiger partial charge in [0.05, 0.1) is 19.4 Å². The standard InChI is InChI=1S/C12H22N4O5S/c1-3-20-12(21-4-2)11-9-15(14-13-11)10-22(17,18)16-5-7-19-8-6-16/h9,12H,3-8,10H2,1-2H3. The van der Waals surface area contributed by atoms with Crippen LogP contribution in [-0.4, -0.2) is 67.2 Å². The number of morpholine rings is 1. The molecule has 1 aromatic heterocycles. The minimum absolute atomic E-state index is 0.259. The Hall–Kier alpha value is -1.07. The molecule has 1 aromatic rings. The van der Waals surface area contributed by atoms with E-state index in [0.717, 1.165) is 0 Å². The van der Waals surface area contributed by atoms with Crippen molar-refractivity contribution in [1.29, 1.82) is 0 Å². The molecule has 10 heteroatoms. The first-order valence-corrected chi connectivity index (χ1v) is 8.86. The maximum absolute atomic E-state index is 12.3. The van der Waals surface area contributed by atoms with E-state index in [-0.39, 0.29) is 5.88 Å². The summed E-state index contributed by atoms with van der Waals surface area (Å²) >= 11 is 0. The quantitative estimate of drug-likeness (QED) is 0.616. The predicted octanol–water partition coefficient (Wildman–Crippen LogP) is -0.0308. The van der Waals surface area contributed by atoms with Gasteiger partial charge in [-0.1, -0.05) is 5.21 Å². The molecule has 0 amide bonds. The molecule has 0 saturated carbocycles. The summed E-state index contributed by atoms with van der Waals surface area (Å²) in [6.45, 7) is 6.18. The zero-order valence-corrected chi connectivity index (χ0v) is 13.7. The van der Waals surface area contributed by atoms with E-state index in [9.17, 15) is 8.42 Å². The van der Waals surface area contributed by atoms with Crippen molar-refractivity contribution in [2.45, 2.75) is 26.0 Å². The van der Waals surface area contributed by atoms with Crippen molar-refractivity contribution in [3.63, 3.8) is 0 Å². The molecule has 0 aliphatic carbocycles. The molecule has 1 saturated heterocycles. The SMILES string of the molecule is CCOC(OCC)c1cn(CS(=O)(=O)N2CCOCC2)nn1. The van der Waals surface area contributed by atoms with Gasteiger partial charge in [0, 0.05) is 26.3 Å². The molecular weight excluding hydrogens is 312 g/mol. The van der Waals surface area contributed by atoms with Crippen molar-refractivity contribution in [3.8, 4) is 0 Å². The van der Waals surface area contributed by atoms with Crippen molar-refractivity contribution in [3.05, 3.63) is 11.9 Å². The van der Waals surface area contributed by atoms with Gasteiger partial charge in [-0.3, -0.25) is 0 Å². The molecular formula is C12H22N4O5S. The van der Waals surface area contributed by atoms with Crippen LogP contribution in [0.2, 0.25) is 0 Å². The maximum Gasteiger partial charge on any atom is 0.234 e. The van der Waals surface area contributed by atoms with E-state index in [1.807, 2.05) is 13.8 Å². The van der Waals surface area contributed by atoms with Crippen molar-refractivity contribution < 1.29 is 22.6 Å². The third kappa shape index (κ3) is 4.46. The Bertz CT molecular complexity index is 550. The van der Waals surface area contributed by atoms with Crippen LogP contribution in [0.5, 0.6) is 0 Å². The molecule has 9 nitrogen and oxygen atoms in total. The van der Waals surface area contributed by atoms with E-state index in [1.165, 1.54) is 15.2 Å². The van der Waals surface area contributed by atoms with Crippen molar-refractivity contribution in [2.75, 3.05) is 39.5 Å². The monoisotopic (exact) mass is 334 g/mol. The van der Waals surface area contributed by atoms with E-state index in [2.05, 4.69) is 10.3 Å². The van der Waals surface area contributed by atoms with Gasteiger partial charge in [0.25, 0.3) is 0 Å². The van der Waals surface area contributed by atoms with Gasteiger partial charge in [0.2, 0.25) is 16.3 Å². The lowest BCUT2D eigenvalue weighted by Crippen LogP contribution is -2.42. The topological polar surface area (TPSA) is 95.8 Å². The fraction of sp³-hybridized carbons (Fsp3) is 0.833. The molecule has 126 valence electrons. The first kappa shape index (κ1) is 17.3. The van der Waals surface area contributed by atoms with Crippen LogP contribution in [-0.2, 0) is 30.1 Å². The predicted molar refractivity (Wildman–Crippen MR) is 77.3 cm³/mol. The van der Waals surface area contributed by atoms with Gasteiger partial charge < -0.3 is 14.2 Å². The summed E-state index contributed by atoms with van der Waals surface area (Å²) < 4.78 is 43.3. The van der Waals surface area contributed by atoms with Gasteiger partial charge in [0.15, 0.2) is 5.88 Å². The van der Waals surface area contributed by atoms with Gasteiger partial charge in [-0.15, -0.1) is 5.10 Å². The summed E-state index contributed by atoms with van der Waals surface area (Å²) in [4.78, 5) is 0. The molecule has 2 rings (SSSR count). The number of rotatable bonds is 8. The normalized spacial score (nSPS) is 17.2. The minimum Gasteiger partial charge on any atom is -0.379 e. The van der Waals surface area contributed by atoms with Gasteiger partial charge in [-0.2, -0.15) is 4.31 Å². The largest absolute Gasteiger partial charge is 0.379 e. The molecule has 0 atom stereocenters. The Morgan fingerprint density at radius 1 is 1.27 bits per heavy atom. The molecule has 0 N–H and O–H groups in total. The summed E-state index contributed by atoms with van der Waals surface area (Å²) in [5.74, 6) is -0.259. The number of hydrogen-bond donors (Lipinski definition) is 0. The van der Waals surface area contributed by atoms with Crippen molar-refractivity contribution in [2.24, 2.45) is 0 Å². The third-order valence-corrected chi connectivity index (χ3v) is 4.84. The molecule has 22 heavy (non-hydrogen) atoms. The van der Waals surface area contributed by atoms with Crippen LogP contribution < -0.4 is 0 Å². The summed E-state index contributed by atoms with van der Waals surface area (Å²) in [6.07, 6.45) is 0.906. The Morgan fingerprint density at radius 3 is 2.50 bits per heavy atom. The Morgan fingerprint density at radius 2 is 1.91 bits per heavy atom. The molecule has 1 fully saturated rings. The summed E-state index contributed by atoms with van der Waals surface area (Å²) in [5.41, 5.74) is 0.459. The highest BCUT2D eigenvalue weighted by molar-refractivity contribution is 7.88. The zero-order chi connectivity index (χ0) is 16.0. The molecule has 0 aromatic carbocycles. The van der Waals surface area contributed by atoms with Gasteiger partial charge in [-0.25, -0.2) is 13.1 Å². The fourth-order valence-electron chi connectivity index (χ4n) is 2.08. The molecule has 0 bridgehead atoms. The van der Waals surface area contributed by atoms with Crippen LogP contribution in [0.25, 0.3) is 0 Å². The summed E-state index contributed by atoms with van der Waals surface area (Å²) in [7, 11) is -3.44. The lowest BCUT2D eigenvalue weighted by Gasteiger charge is -2.25. The first-order chi connectivity index (χ1) is 10.6. The Balaban J connectivity index is 2.04. The van der Waals surface area contributed by atoms with Crippen LogP contribution in [0.4, 0.5) is 0 Å². The zero-order valence-electron chi connectivity index (χ0n) is 12.8. The van der Waals surface area contributed by atoms with Gasteiger partial charge >= 0.3 is 0 Å². The van der Waals surface area contributed by atoms with Crippen LogP contribution >= 0.6 is 0 Å². The molecule has 0 spiro atoms. The lowest BCUT2D eigenvalue weighted by atomic mass is 10.4. The van der Waals surface area contributed by atoms with Crippen molar-refractivity contribution in [1.82, 2.24) is 19.3 Å². The van der Waals surface area contributed by atoms with E-state index < -0.39 is 16.3 Å². The number of hydrogen-bond acceptors (Lipinski definition) is 7. The smallest absolute Gasteiger partial charge is 0.234 e. The summed E-state index contributed by atoms with van der Waals surface area (Å²) in [5, 5.41) is 7.79. The molecule has 0 unspecified atom stereocenters. The molecule has 2 heterocycles. The van der Waals surface area contributed by atoms with E-state index in [4.69, 9.17) is 14.2 Å². The molecule has 1 aliphatic heterocycles. The average molecular weight is 334 g/mol. The highest BCUT2D eigenvalue weighted by Gasteiger charge is 2.26. The van der Waals surface area contributed by atoms with Crippen LogP contribution in [0.1, 0.15) is 25.8 Å². The first-order valence-electron chi connectivity index (χ1n) is 7.25. The highest BCUT2D eigenvalue weighted by atomic mass is 32.2. The van der Waals surface area contributed by atoms with Crippen LogP contribution in [0, 0.1) is 0 Å². The number of ether oxygens (including phenoxy) is 3. The van der Waals surface area contributed by atoms with E-state index in [1.54, 1.807) is 0 Å². The number of nitrogens with zero attached hydrogens (tertiary/aromatic N) is 4. The highest BCUT2D eigenvalue weighted by Crippen LogP contribution is 2.16. The minimum atomic E-state index is -3.44. The Labute approximate surface area is 130 Å². The third-order valence-electron chi connectivity index (χ3n) is 3.09. The Kier molecular flexibility index (Phi) is 6.26. The second-order valence-electron chi connectivity index (χ2n) is 4.68. The lowest BCUT2D eigenvalue weighted by molar-refractivity contribution is -0.142. The van der Waals surface area contributed by atoms with Gasteiger partial charge in [-0.05, 0) is 13.8 Å². The molecule has 1 aliphatic rings. The summed E-state index contributed by atoms with van der Waals surface area (Å²) in [6, 6.07) is 0.